The number of allylic oxidation sites excluding steroid dienone is 1. The lowest BCUT2D eigenvalue weighted by molar-refractivity contribution is -0.258. The standard InChI is InChI=1S/C14H14F4O4/c1-3-8(7-13(21,12(19)20)14(16,17)18)9-5-4-6-10(15)11(9)22-2/h3-6,21H,7H2,1-2H3,(H,19,20)/b8-3-/t13-/m1/s1. The van der Waals surface area contributed by atoms with E-state index in [1.807, 2.05) is 0 Å². The van der Waals surface area contributed by atoms with Gasteiger partial charge < -0.3 is 14.9 Å². The zero-order valence-electron chi connectivity index (χ0n) is 11.7. The van der Waals surface area contributed by atoms with Gasteiger partial charge in [-0.1, -0.05) is 18.2 Å². The number of rotatable bonds is 5. The lowest BCUT2D eigenvalue weighted by atomic mass is 9.89. The molecule has 0 saturated carbocycles. The molecule has 122 valence electrons. The van der Waals surface area contributed by atoms with Crippen molar-refractivity contribution in [3.8, 4) is 5.75 Å². The first-order chi connectivity index (χ1) is 10.1. The molecule has 0 heterocycles. The summed E-state index contributed by atoms with van der Waals surface area (Å²) in [6, 6.07) is 3.56. The van der Waals surface area contributed by atoms with E-state index in [0.29, 0.717) is 0 Å². The molecule has 8 heteroatoms. The van der Waals surface area contributed by atoms with Crippen molar-refractivity contribution in [1.82, 2.24) is 0 Å². The monoisotopic (exact) mass is 322 g/mol. The van der Waals surface area contributed by atoms with E-state index in [4.69, 9.17) is 9.84 Å². The molecule has 0 fully saturated rings. The Kier molecular flexibility index (Phi) is 5.18. The first kappa shape index (κ1) is 18.0. The third-order valence-corrected chi connectivity index (χ3v) is 3.13. The third-order valence-electron chi connectivity index (χ3n) is 3.13. The summed E-state index contributed by atoms with van der Waals surface area (Å²) in [6.45, 7) is 1.35. The minimum atomic E-state index is -5.40. The number of aliphatic hydroxyl groups is 1. The maximum atomic E-state index is 13.6. The predicted octanol–water partition coefficient (Wildman–Crippen LogP) is 3.01. The highest BCUT2D eigenvalue weighted by molar-refractivity contribution is 5.83. The van der Waals surface area contributed by atoms with E-state index in [2.05, 4.69) is 0 Å². The number of methoxy groups -OCH3 is 1. The molecule has 0 aliphatic carbocycles. The van der Waals surface area contributed by atoms with Gasteiger partial charge in [0.25, 0.3) is 5.60 Å². The van der Waals surface area contributed by atoms with Gasteiger partial charge in [0.2, 0.25) is 0 Å². The van der Waals surface area contributed by atoms with Gasteiger partial charge in [-0.15, -0.1) is 0 Å². The van der Waals surface area contributed by atoms with E-state index in [0.717, 1.165) is 19.3 Å². The van der Waals surface area contributed by atoms with Gasteiger partial charge in [0.15, 0.2) is 11.6 Å². The number of ether oxygens (including phenoxy) is 1. The van der Waals surface area contributed by atoms with Gasteiger partial charge in [-0.3, -0.25) is 0 Å². The predicted molar refractivity (Wildman–Crippen MR) is 69.9 cm³/mol. The van der Waals surface area contributed by atoms with Crippen LogP contribution in [0.15, 0.2) is 24.3 Å². The Hall–Kier alpha value is -2.09. The Morgan fingerprint density at radius 2 is 1.95 bits per heavy atom. The summed E-state index contributed by atoms with van der Waals surface area (Å²) >= 11 is 0. The fourth-order valence-electron chi connectivity index (χ4n) is 1.89. The molecule has 0 unspecified atom stereocenters. The molecule has 0 spiro atoms. The Bertz CT molecular complexity index is 595. The van der Waals surface area contributed by atoms with Crippen molar-refractivity contribution in [1.29, 1.82) is 0 Å². The molecule has 0 bridgehead atoms. The highest BCUT2D eigenvalue weighted by Crippen LogP contribution is 2.40. The van der Waals surface area contributed by atoms with Gasteiger partial charge >= 0.3 is 12.1 Å². The molecule has 0 radical (unpaired) electrons. The number of para-hydroxylation sites is 1. The first-order valence-corrected chi connectivity index (χ1v) is 6.09. The van der Waals surface area contributed by atoms with Crippen LogP contribution < -0.4 is 4.74 Å². The van der Waals surface area contributed by atoms with Crippen LogP contribution in [0, 0.1) is 5.82 Å². The molecule has 0 aliphatic heterocycles. The normalized spacial score (nSPS) is 15.3. The van der Waals surface area contributed by atoms with Crippen molar-refractivity contribution in [2.24, 2.45) is 0 Å². The van der Waals surface area contributed by atoms with Crippen LogP contribution in [0.4, 0.5) is 17.6 Å². The van der Waals surface area contributed by atoms with Crippen LogP contribution in [0.2, 0.25) is 0 Å². The molecule has 2 N–H and O–H groups in total. The number of alkyl halides is 3. The fraction of sp³-hybridized carbons (Fsp3) is 0.357. The van der Waals surface area contributed by atoms with E-state index in [-0.39, 0.29) is 16.9 Å². The second-order valence-corrected chi connectivity index (χ2v) is 4.47. The number of carboxylic acids is 1. The van der Waals surface area contributed by atoms with Crippen LogP contribution in [0.3, 0.4) is 0 Å². The molecule has 1 aromatic carbocycles. The summed E-state index contributed by atoms with van der Waals surface area (Å²) in [5, 5.41) is 18.3. The Morgan fingerprint density at radius 1 is 1.36 bits per heavy atom. The third kappa shape index (κ3) is 3.22. The molecule has 0 saturated heterocycles. The van der Waals surface area contributed by atoms with E-state index in [1.54, 1.807) is 0 Å². The molecule has 0 aromatic heterocycles. The van der Waals surface area contributed by atoms with Crippen LogP contribution in [0.25, 0.3) is 5.57 Å². The Labute approximate surface area is 123 Å². The Morgan fingerprint density at radius 3 is 2.36 bits per heavy atom. The van der Waals surface area contributed by atoms with E-state index >= 15 is 0 Å². The SMILES string of the molecule is C/C=C(/C[C@@](O)(C(=O)O)C(F)(F)F)c1cccc(F)c1OC. The quantitative estimate of drug-likeness (QED) is 0.818. The van der Waals surface area contributed by atoms with Crippen LogP contribution in [0.5, 0.6) is 5.75 Å². The average Bonchev–Trinajstić information content (AvgIpc) is 2.42. The van der Waals surface area contributed by atoms with Crippen molar-refractivity contribution in [2.75, 3.05) is 7.11 Å². The summed E-state index contributed by atoms with van der Waals surface area (Å²) < 4.78 is 57.0. The number of hydrogen-bond donors (Lipinski definition) is 2. The van der Waals surface area contributed by atoms with E-state index in [9.17, 15) is 27.5 Å². The van der Waals surface area contributed by atoms with E-state index < -0.39 is 30.0 Å². The zero-order chi connectivity index (χ0) is 17.1. The lowest BCUT2D eigenvalue weighted by Gasteiger charge is -2.27. The largest absolute Gasteiger partial charge is 0.493 e. The van der Waals surface area contributed by atoms with Gasteiger partial charge in [0.1, 0.15) is 0 Å². The van der Waals surface area contributed by atoms with Gasteiger partial charge in [-0.25, -0.2) is 9.18 Å². The molecule has 0 aliphatic rings. The second-order valence-electron chi connectivity index (χ2n) is 4.47. The van der Waals surface area contributed by atoms with Gasteiger partial charge in [-0.2, -0.15) is 13.2 Å². The number of aliphatic carboxylic acids is 1. The average molecular weight is 322 g/mol. The zero-order valence-corrected chi connectivity index (χ0v) is 11.7. The Balaban J connectivity index is 3.36. The molecule has 1 aromatic rings. The van der Waals surface area contributed by atoms with E-state index in [1.165, 1.54) is 19.1 Å². The van der Waals surface area contributed by atoms with Crippen LogP contribution >= 0.6 is 0 Å². The summed E-state index contributed by atoms with van der Waals surface area (Å²) in [7, 11) is 1.13. The minimum Gasteiger partial charge on any atom is -0.493 e. The highest BCUT2D eigenvalue weighted by Gasteiger charge is 2.60. The van der Waals surface area contributed by atoms with Crippen molar-refractivity contribution in [3.05, 3.63) is 35.7 Å². The van der Waals surface area contributed by atoms with Gasteiger partial charge in [0, 0.05) is 12.0 Å². The fourth-order valence-corrected chi connectivity index (χ4v) is 1.89. The number of halogens is 4. The second kappa shape index (κ2) is 6.35. The number of carbonyl (C=O) groups is 1. The van der Waals surface area contributed by atoms with Crippen LogP contribution in [-0.4, -0.2) is 35.1 Å². The van der Waals surface area contributed by atoms with Crippen LogP contribution in [0.1, 0.15) is 18.9 Å². The molecule has 4 nitrogen and oxygen atoms in total. The van der Waals surface area contributed by atoms with Crippen LogP contribution in [-0.2, 0) is 4.79 Å². The molecule has 0 amide bonds. The van der Waals surface area contributed by atoms with Gasteiger partial charge in [-0.05, 0) is 18.6 Å². The van der Waals surface area contributed by atoms with Crippen molar-refractivity contribution >= 4 is 11.5 Å². The molecule has 1 atom stereocenters. The highest BCUT2D eigenvalue weighted by atomic mass is 19.4. The summed E-state index contributed by atoms with van der Waals surface area (Å²) in [5.41, 5.74) is -4.25. The smallest absolute Gasteiger partial charge is 0.428 e. The van der Waals surface area contributed by atoms with Crippen molar-refractivity contribution in [2.45, 2.75) is 25.1 Å². The first-order valence-electron chi connectivity index (χ1n) is 6.09. The topological polar surface area (TPSA) is 66.8 Å². The van der Waals surface area contributed by atoms with Crippen molar-refractivity contribution < 1.29 is 37.3 Å². The number of carboxylic acid groups (broad SMARTS) is 1. The number of hydrogen-bond acceptors (Lipinski definition) is 3. The minimum absolute atomic E-state index is 0.0612. The lowest BCUT2D eigenvalue weighted by Crippen LogP contribution is -2.52. The molecule has 22 heavy (non-hydrogen) atoms. The van der Waals surface area contributed by atoms with Crippen molar-refractivity contribution in [3.63, 3.8) is 0 Å². The molecular formula is C14H14F4O4. The molecule has 1 rings (SSSR count). The maximum Gasteiger partial charge on any atom is 0.428 e. The summed E-state index contributed by atoms with van der Waals surface area (Å²) in [5.74, 6) is -3.58. The maximum absolute atomic E-state index is 13.6. The number of benzene rings is 1. The van der Waals surface area contributed by atoms with Gasteiger partial charge in [0.05, 0.1) is 7.11 Å². The molecular weight excluding hydrogens is 308 g/mol. The summed E-state index contributed by atoms with van der Waals surface area (Å²) in [4.78, 5) is 10.9. The summed E-state index contributed by atoms with van der Waals surface area (Å²) in [6.07, 6.45) is -5.51.